The second-order valence-corrected chi connectivity index (χ2v) is 18.8. The molecular formula is C73H60N4. The predicted molar refractivity (Wildman–Crippen MR) is 329 cm³/mol. The van der Waals surface area contributed by atoms with Gasteiger partial charge in [0.05, 0.1) is 0 Å². The van der Waals surface area contributed by atoms with E-state index in [0.717, 1.165) is 102 Å². The van der Waals surface area contributed by atoms with Crippen molar-refractivity contribution in [1.82, 2.24) is 0 Å². The maximum absolute atomic E-state index is 2.32. The van der Waals surface area contributed by atoms with E-state index in [1.165, 1.54) is 5.56 Å². The minimum absolute atomic E-state index is 0.946. The number of rotatable bonds is 17. The molecule has 0 aliphatic carbocycles. The first-order valence-electron chi connectivity index (χ1n) is 26.5. The standard InChI is InChI=1S/C73H60N4/c1-3-20-62(21-4-2)74(63-22-10-5-11-23-63)68-44-32-56(33-45-68)58-36-48-70(49-37-58)76(66-28-16-8-17-29-66)72-52-40-60(41-53-72)61-42-54-73(55-43-61)77(67-30-18-9-19-31-67)71-50-38-59(39-51-71)57-34-46-69(47-35-57)75(64-24-12-6-13-25-64)65-26-14-7-15-27-65/h3,5-55H,4H2,1-2H3/b20-3-,62-21+. The van der Waals surface area contributed by atoms with Gasteiger partial charge in [-0.3, -0.25) is 0 Å². The zero-order valence-electron chi connectivity index (χ0n) is 43.5. The molecule has 0 heterocycles. The fourth-order valence-electron chi connectivity index (χ4n) is 10.1. The van der Waals surface area contributed by atoms with E-state index in [1.54, 1.807) is 0 Å². The second kappa shape index (κ2) is 23.5. The van der Waals surface area contributed by atoms with Crippen LogP contribution >= 0.6 is 0 Å². The molecular weight excluding hydrogens is 933 g/mol. The third kappa shape index (κ3) is 11.1. The summed E-state index contributed by atoms with van der Waals surface area (Å²) in [4.78, 5) is 9.26. The molecule has 0 saturated heterocycles. The molecule has 0 radical (unpaired) electrons. The van der Waals surface area contributed by atoms with Crippen LogP contribution in [-0.4, -0.2) is 0 Å². The third-order valence-corrected chi connectivity index (χ3v) is 13.8. The predicted octanol–water partition coefficient (Wildman–Crippen LogP) is 21.1. The summed E-state index contributed by atoms with van der Waals surface area (Å²) in [6.07, 6.45) is 7.51. The highest BCUT2D eigenvalue weighted by Gasteiger charge is 2.18. The van der Waals surface area contributed by atoms with Gasteiger partial charge >= 0.3 is 0 Å². The van der Waals surface area contributed by atoms with E-state index in [-0.39, 0.29) is 0 Å². The zero-order valence-corrected chi connectivity index (χ0v) is 43.5. The molecule has 0 N–H and O–H groups in total. The smallest absolute Gasteiger partial charge is 0.0462 e. The van der Waals surface area contributed by atoms with Crippen molar-refractivity contribution in [3.8, 4) is 33.4 Å². The molecule has 0 fully saturated rings. The number of anilines is 11. The molecule has 372 valence electrons. The average Bonchev–Trinajstić information content (AvgIpc) is 3.50. The molecule has 0 spiro atoms. The van der Waals surface area contributed by atoms with E-state index in [1.807, 2.05) is 0 Å². The second-order valence-electron chi connectivity index (χ2n) is 18.8. The maximum Gasteiger partial charge on any atom is 0.0462 e. The maximum atomic E-state index is 2.32. The lowest BCUT2D eigenvalue weighted by atomic mass is 10.0. The molecule has 0 aromatic heterocycles. The summed E-state index contributed by atoms with van der Waals surface area (Å²) in [5.74, 6) is 0. The molecule has 0 saturated carbocycles. The van der Waals surface area contributed by atoms with Crippen LogP contribution in [0.3, 0.4) is 0 Å². The Morgan fingerprint density at radius 3 is 0.675 bits per heavy atom. The van der Waals surface area contributed by atoms with Gasteiger partial charge in [-0.25, -0.2) is 0 Å². The molecule has 0 amide bonds. The molecule has 11 aromatic rings. The van der Waals surface area contributed by atoms with E-state index in [4.69, 9.17) is 0 Å². The van der Waals surface area contributed by atoms with Crippen molar-refractivity contribution in [2.45, 2.75) is 20.3 Å². The van der Waals surface area contributed by atoms with E-state index in [2.05, 4.69) is 349 Å². The summed E-state index contributed by atoms with van der Waals surface area (Å²) in [5.41, 5.74) is 20.3. The highest BCUT2D eigenvalue weighted by molar-refractivity contribution is 5.84. The molecule has 4 nitrogen and oxygen atoms in total. The van der Waals surface area contributed by atoms with Gasteiger partial charge in [0.2, 0.25) is 0 Å². The van der Waals surface area contributed by atoms with E-state index in [9.17, 15) is 0 Å². The highest BCUT2D eigenvalue weighted by atomic mass is 15.2. The Labute approximate surface area is 454 Å². The zero-order chi connectivity index (χ0) is 52.2. The van der Waals surface area contributed by atoms with Crippen molar-refractivity contribution < 1.29 is 0 Å². The molecule has 4 heteroatoms. The molecule has 0 aliphatic rings. The van der Waals surface area contributed by atoms with Gasteiger partial charge in [0.15, 0.2) is 0 Å². The Hall–Kier alpha value is -9.90. The molecule has 0 aliphatic heterocycles. The normalized spacial score (nSPS) is 11.3. The number of nitrogens with zero attached hydrogens (tertiary/aromatic N) is 4. The van der Waals surface area contributed by atoms with Gasteiger partial charge in [-0.15, -0.1) is 0 Å². The van der Waals surface area contributed by atoms with Crippen molar-refractivity contribution >= 4 is 62.6 Å². The molecule has 11 aromatic carbocycles. The van der Waals surface area contributed by atoms with Gasteiger partial charge in [-0.2, -0.15) is 0 Å². The molecule has 11 rings (SSSR count). The number of benzene rings is 11. The first kappa shape index (κ1) is 49.3. The lowest BCUT2D eigenvalue weighted by molar-refractivity contribution is 1.13. The SMILES string of the molecule is C/C=C\C(=C/CC)N(c1ccccc1)c1ccc(-c2ccc(N(c3ccccc3)c3ccc(-c4ccc(N(c5ccccc5)c5ccc(-c6ccc(N(c7ccccc7)c7ccccc7)cc6)cc5)cc4)cc3)cc2)cc1. The Morgan fingerprint density at radius 2 is 0.455 bits per heavy atom. The summed E-state index contributed by atoms with van der Waals surface area (Å²) in [6, 6.07) is 106. The van der Waals surface area contributed by atoms with Crippen LogP contribution in [0.5, 0.6) is 0 Å². The van der Waals surface area contributed by atoms with Crippen LogP contribution in [-0.2, 0) is 0 Å². The van der Waals surface area contributed by atoms with Crippen LogP contribution in [0.1, 0.15) is 20.3 Å². The fraction of sp³-hybridized carbons (Fsp3) is 0.0411. The van der Waals surface area contributed by atoms with Gasteiger partial charge < -0.3 is 19.6 Å². The van der Waals surface area contributed by atoms with E-state index < -0.39 is 0 Å². The van der Waals surface area contributed by atoms with Gasteiger partial charge in [-0.1, -0.05) is 183 Å². The van der Waals surface area contributed by atoms with Crippen LogP contribution in [0, 0.1) is 0 Å². The number of hydrogen-bond acceptors (Lipinski definition) is 4. The minimum atomic E-state index is 0.946. The van der Waals surface area contributed by atoms with Crippen molar-refractivity contribution in [2.75, 3.05) is 19.6 Å². The van der Waals surface area contributed by atoms with Gasteiger partial charge in [0.25, 0.3) is 0 Å². The largest absolute Gasteiger partial charge is 0.311 e. The van der Waals surface area contributed by atoms with E-state index >= 15 is 0 Å². The first-order valence-corrected chi connectivity index (χ1v) is 26.5. The van der Waals surface area contributed by atoms with Gasteiger partial charge in [-0.05, 0) is 186 Å². The lowest BCUT2D eigenvalue weighted by Crippen LogP contribution is -2.15. The highest BCUT2D eigenvalue weighted by Crippen LogP contribution is 2.41. The third-order valence-electron chi connectivity index (χ3n) is 13.8. The number of hydrogen-bond donors (Lipinski definition) is 0. The summed E-state index contributed by atoms with van der Waals surface area (Å²) in [6.45, 7) is 4.25. The summed E-state index contributed by atoms with van der Waals surface area (Å²) < 4.78 is 0. The van der Waals surface area contributed by atoms with Gasteiger partial charge in [0, 0.05) is 68.3 Å². The fourth-order valence-corrected chi connectivity index (χ4v) is 10.1. The quantitative estimate of drug-likeness (QED) is 0.0843. The Morgan fingerprint density at radius 1 is 0.260 bits per heavy atom. The van der Waals surface area contributed by atoms with Gasteiger partial charge in [0.1, 0.15) is 0 Å². The van der Waals surface area contributed by atoms with Crippen molar-refractivity contribution in [1.29, 1.82) is 0 Å². The van der Waals surface area contributed by atoms with Crippen molar-refractivity contribution in [3.05, 3.63) is 321 Å². The van der Waals surface area contributed by atoms with Crippen molar-refractivity contribution in [3.63, 3.8) is 0 Å². The van der Waals surface area contributed by atoms with Crippen LogP contribution in [0.15, 0.2) is 321 Å². The Kier molecular flexibility index (Phi) is 15.1. The topological polar surface area (TPSA) is 13.0 Å². The summed E-state index contributed by atoms with van der Waals surface area (Å²) in [7, 11) is 0. The van der Waals surface area contributed by atoms with Crippen LogP contribution in [0.2, 0.25) is 0 Å². The van der Waals surface area contributed by atoms with Crippen LogP contribution in [0.25, 0.3) is 33.4 Å². The number of para-hydroxylation sites is 5. The molecule has 0 atom stereocenters. The van der Waals surface area contributed by atoms with Crippen molar-refractivity contribution in [2.24, 2.45) is 0 Å². The average molecular weight is 993 g/mol. The summed E-state index contributed by atoms with van der Waals surface area (Å²) in [5, 5.41) is 0. The molecule has 77 heavy (non-hydrogen) atoms. The first-order chi connectivity index (χ1) is 38.1. The monoisotopic (exact) mass is 992 g/mol. The summed E-state index contributed by atoms with van der Waals surface area (Å²) >= 11 is 0. The van der Waals surface area contributed by atoms with Crippen LogP contribution in [0.4, 0.5) is 62.6 Å². The van der Waals surface area contributed by atoms with Crippen LogP contribution < -0.4 is 19.6 Å². The van der Waals surface area contributed by atoms with E-state index in [0.29, 0.717) is 0 Å². The lowest BCUT2D eigenvalue weighted by Gasteiger charge is -2.27. The minimum Gasteiger partial charge on any atom is -0.311 e. The number of allylic oxidation sites excluding steroid dienone is 3. The Bertz CT molecular complexity index is 3620. The molecule has 0 unspecified atom stereocenters. The molecule has 0 bridgehead atoms. The Balaban J connectivity index is 0.819.